The highest BCUT2D eigenvalue weighted by molar-refractivity contribution is 5.89. The second-order valence-electron chi connectivity index (χ2n) is 8.16. The molecule has 3 aromatic rings. The van der Waals surface area contributed by atoms with Crippen molar-refractivity contribution in [3.63, 3.8) is 0 Å². The Morgan fingerprint density at radius 2 is 1.97 bits per heavy atom. The van der Waals surface area contributed by atoms with Crippen LogP contribution in [0.2, 0.25) is 0 Å². The lowest BCUT2D eigenvalue weighted by Gasteiger charge is -2.22. The maximum Gasteiger partial charge on any atom is 0.338 e. The molecule has 31 heavy (non-hydrogen) atoms. The Kier molecular flexibility index (Phi) is 6.31. The fourth-order valence-electron chi connectivity index (χ4n) is 3.88. The standard InChI is InChI=1S/C22H28N6O3/c1-27(2)12-13-31-20(29)15-8-10-16(11-9-15)24-21-23-14-18-19(26-21)28(22(30)25-18)17-6-4-3-5-7-17/h8-11,14,17H,3-7,12-13H2,1-2H3,(H,25,30)(H,23,24,26). The number of likely N-dealkylation sites (N-methyl/N-ethyl adjacent to an activating group) is 1. The van der Waals surface area contributed by atoms with Crippen LogP contribution in [0, 0.1) is 0 Å². The Morgan fingerprint density at radius 3 is 2.68 bits per heavy atom. The molecule has 164 valence electrons. The van der Waals surface area contributed by atoms with Gasteiger partial charge < -0.3 is 19.9 Å². The van der Waals surface area contributed by atoms with E-state index in [-0.39, 0.29) is 17.7 Å². The van der Waals surface area contributed by atoms with Crippen LogP contribution in [-0.2, 0) is 4.74 Å². The van der Waals surface area contributed by atoms with E-state index in [9.17, 15) is 9.59 Å². The summed E-state index contributed by atoms with van der Waals surface area (Å²) in [6.07, 6.45) is 7.09. The van der Waals surface area contributed by atoms with Crippen molar-refractivity contribution in [2.75, 3.05) is 32.6 Å². The molecule has 1 fully saturated rings. The van der Waals surface area contributed by atoms with Gasteiger partial charge in [0.15, 0.2) is 5.65 Å². The van der Waals surface area contributed by atoms with Crippen molar-refractivity contribution in [2.45, 2.75) is 38.1 Å². The van der Waals surface area contributed by atoms with E-state index in [1.165, 1.54) is 6.42 Å². The molecule has 2 heterocycles. The smallest absolute Gasteiger partial charge is 0.338 e. The summed E-state index contributed by atoms with van der Waals surface area (Å²) < 4.78 is 7.03. The summed E-state index contributed by atoms with van der Waals surface area (Å²) in [6.45, 7) is 1.02. The van der Waals surface area contributed by atoms with Gasteiger partial charge in [0.2, 0.25) is 5.95 Å². The molecule has 0 amide bonds. The van der Waals surface area contributed by atoms with E-state index in [2.05, 4.69) is 20.3 Å². The predicted molar refractivity (Wildman–Crippen MR) is 119 cm³/mol. The summed E-state index contributed by atoms with van der Waals surface area (Å²) in [4.78, 5) is 38.3. The topological polar surface area (TPSA) is 105 Å². The van der Waals surface area contributed by atoms with Gasteiger partial charge in [-0.2, -0.15) is 4.98 Å². The van der Waals surface area contributed by atoms with Crippen molar-refractivity contribution in [2.24, 2.45) is 0 Å². The first kappa shape index (κ1) is 21.0. The molecule has 9 heteroatoms. The van der Waals surface area contributed by atoms with Crippen LogP contribution in [0.15, 0.2) is 35.3 Å². The molecule has 1 saturated carbocycles. The Labute approximate surface area is 180 Å². The number of benzene rings is 1. The molecule has 0 bridgehead atoms. The minimum absolute atomic E-state index is 0.134. The van der Waals surface area contributed by atoms with Gasteiger partial charge in [-0.25, -0.2) is 14.6 Å². The van der Waals surface area contributed by atoms with Gasteiger partial charge in [-0.05, 0) is 51.2 Å². The Hall–Kier alpha value is -3.20. The number of carbonyl (C=O) groups is 1. The van der Waals surface area contributed by atoms with Crippen molar-refractivity contribution in [3.8, 4) is 0 Å². The molecule has 9 nitrogen and oxygen atoms in total. The monoisotopic (exact) mass is 424 g/mol. The van der Waals surface area contributed by atoms with Crippen LogP contribution in [0.25, 0.3) is 11.2 Å². The molecule has 1 aliphatic carbocycles. The highest BCUT2D eigenvalue weighted by atomic mass is 16.5. The van der Waals surface area contributed by atoms with Crippen LogP contribution in [0.3, 0.4) is 0 Å². The van der Waals surface area contributed by atoms with E-state index < -0.39 is 0 Å². The minimum Gasteiger partial charge on any atom is -0.461 e. The van der Waals surface area contributed by atoms with Crippen molar-refractivity contribution in [3.05, 3.63) is 46.5 Å². The summed E-state index contributed by atoms with van der Waals surface area (Å²) in [5.74, 6) is 0.0484. The first-order valence-electron chi connectivity index (χ1n) is 10.7. The van der Waals surface area contributed by atoms with Crippen LogP contribution < -0.4 is 11.0 Å². The lowest BCUT2D eigenvalue weighted by Crippen LogP contribution is -2.24. The third-order valence-electron chi connectivity index (χ3n) is 5.55. The maximum absolute atomic E-state index is 12.5. The molecule has 2 aromatic heterocycles. The lowest BCUT2D eigenvalue weighted by atomic mass is 9.95. The number of anilines is 2. The zero-order chi connectivity index (χ0) is 21.8. The molecule has 0 atom stereocenters. The SMILES string of the molecule is CN(C)CCOC(=O)c1ccc(Nc2ncc3[nH]c(=O)n(C4CCCCC4)c3n2)cc1. The molecule has 0 radical (unpaired) electrons. The number of imidazole rings is 1. The summed E-state index contributed by atoms with van der Waals surface area (Å²) in [5.41, 5.74) is 2.35. The highest BCUT2D eigenvalue weighted by Crippen LogP contribution is 2.29. The van der Waals surface area contributed by atoms with Gasteiger partial charge in [0, 0.05) is 18.3 Å². The van der Waals surface area contributed by atoms with Crippen LogP contribution in [0.1, 0.15) is 48.5 Å². The summed E-state index contributed by atoms with van der Waals surface area (Å²) in [7, 11) is 3.85. The Balaban J connectivity index is 1.48. The van der Waals surface area contributed by atoms with E-state index in [4.69, 9.17) is 4.74 Å². The number of carbonyl (C=O) groups excluding carboxylic acids is 1. The van der Waals surface area contributed by atoms with E-state index in [1.54, 1.807) is 35.0 Å². The first-order valence-corrected chi connectivity index (χ1v) is 10.7. The molecular formula is C22H28N6O3. The van der Waals surface area contributed by atoms with Crippen LogP contribution in [0.5, 0.6) is 0 Å². The molecular weight excluding hydrogens is 396 g/mol. The molecule has 0 spiro atoms. The molecule has 4 rings (SSSR count). The average molecular weight is 425 g/mol. The van der Waals surface area contributed by atoms with E-state index in [0.29, 0.717) is 35.8 Å². The number of hydrogen-bond acceptors (Lipinski definition) is 7. The van der Waals surface area contributed by atoms with Gasteiger partial charge in [0.25, 0.3) is 0 Å². The predicted octanol–water partition coefficient (Wildman–Crippen LogP) is 3.09. The number of aromatic amines is 1. The van der Waals surface area contributed by atoms with Gasteiger partial charge in [0.1, 0.15) is 12.1 Å². The second-order valence-corrected chi connectivity index (χ2v) is 8.16. The number of rotatable bonds is 7. The maximum atomic E-state index is 12.5. The largest absolute Gasteiger partial charge is 0.461 e. The molecule has 0 aliphatic heterocycles. The van der Waals surface area contributed by atoms with Gasteiger partial charge in [-0.1, -0.05) is 19.3 Å². The van der Waals surface area contributed by atoms with Gasteiger partial charge >= 0.3 is 11.7 Å². The summed E-state index contributed by atoms with van der Waals surface area (Å²) >= 11 is 0. The van der Waals surface area contributed by atoms with E-state index in [0.717, 1.165) is 31.4 Å². The molecule has 1 aliphatic rings. The number of hydrogen-bond donors (Lipinski definition) is 2. The Morgan fingerprint density at radius 1 is 1.23 bits per heavy atom. The quantitative estimate of drug-likeness (QED) is 0.562. The molecule has 1 aromatic carbocycles. The number of esters is 1. The van der Waals surface area contributed by atoms with Gasteiger partial charge in [-0.3, -0.25) is 4.57 Å². The van der Waals surface area contributed by atoms with Crippen molar-refractivity contribution in [1.82, 2.24) is 24.4 Å². The molecule has 0 saturated heterocycles. The fourth-order valence-corrected chi connectivity index (χ4v) is 3.88. The van der Waals surface area contributed by atoms with Crippen LogP contribution in [0.4, 0.5) is 11.6 Å². The number of aromatic nitrogens is 4. The Bertz CT molecular complexity index is 1100. The zero-order valence-corrected chi connectivity index (χ0v) is 17.9. The van der Waals surface area contributed by atoms with Crippen molar-refractivity contribution < 1.29 is 9.53 Å². The van der Waals surface area contributed by atoms with Crippen LogP contribution >= 0.6 is 0 Å². The zero-order valence-electron chi connectivity index (χ0n) is 17.9. The second kappa shape index (κ2) is 9.30. The van der Waals surface area contributed by atoms with E-state index in [1.807, 2.05) is 19.0 Å². The van der Waals surface area contributed by atoms with Crippen LogP contribution in [-0.4, -0.2) is 57.6 Å². The normalized spacial score (nSPS) is 14.8. The molecule has 2 N–H and O–H groups in total. The van der Waals surface area contributed by atoms with Gasteiger partial charge in [-0.15, -0.1) is 0 Å². The number of nitrogens with one attached hydrogen (secondary N) is 2. The number of ether oxygens (including phenoxy) is 1. The lowest BCUT2D eigenvalue weighted by molar-refractivity contribution is 0.0482. The minimum atomic E-state index is -0.352. The number of fused-ring (bicyclic) bond motifs is 1. The number of H-pyrrole nitrogens is 1. The summed E-state index contributed by atoms with van der Waals surface area (Å²) in [5, 5.41) is 3.15. The first-order chi connectivity index (χ1) is 15.0. The number of nitrogens with zero attached hydrogens (tertiary/aromatic N) is 4. The summed E-state index contributed by atoms with van der Waals surface area (Å²) in [6, 6.07) is 7.14. The fraction of sp³-hybridized carbons (Fsp3) is 0.455. The third kappa shape index (κ3) is 4.93. The highest BCUT2D eigenvalue weighted by Gasteiger charge is 2.21. The van der Waals surface area contributed by atoms with Gasteiger partial charge in [0.05, 0.1) is 11.8 Å². The average Bonchev–Trinajstić information content (AvgIpc) is 3.09. The van der Waals surface area contributed by atoms with Crippen molar-refractivity contribution >= 4 is 28.8 Å². The van der Waals surface area contributed by atoms with E-state index >= 15 is 0 Å². The molecule has 0 unspecified atom stereocenters. The van der Waals surface area contributed by atoms with Crippen molar-refractivity contribution in [1.29, 1.82) is 0 Å². The third-order valence-corrected chi connectivity index (χ3v) is 5.55.